The van der Waals surface area contributed by atoms with Crippen LogP contribution in [0.15, 0.2) is 0 Å². The van der Waals surface area contributed by atoms with Crippen molar-refractivity contribution in [3.05, 3.63) is 0 Å². The molecule has 0 aromatic carbocycles. The van der Waals surface area contributed by atoms with Crippen molar-refractivity contribution in [2.45, 2.75) is 102 Å². The number of hydrogen-bond acceptors (Lipinski definition) is 5. The van der Waals surface area contributed by atoms with Crippen LogP contribution in [0.3, 0.4) is 0 Å². The van der Waals surface area contributed by atoms with Crippen molar-refractivity contribution in [1.29, 1.82) is 0 Å². The summed E-state index contributed by atoms with van der Waals surface area (Å²) in [5, 5.41) is 10.1. The van der Waals surface area contributed by atoms with Crippen LogP contribution in [0.2, 0.25) is 19.6 Å². The van der Waals surface area contributed by atoms with Crippen molar-refractivity contribution < 1.29 is 23.7 Å². The van der Waals surface area contributed by atoms with Crippen molar-refractivity contribution in [3.63, 3.8) is 0 Å². The number of ether oxygens (including phenoxy) is 3. The molecule has 0 aromatic heterocycles. The zero-order chi connectivity index (χ0) is 16.0. The lowest BCUT2D eigenvalue weighted by Gasteiger charge is -2.32. The van der Waals surface area contributed by atoms with Crippen molar-refractivity contribution in [1.82, 2.24) is 0 Å². The molecule has 0 radical (unpaired) electrons. The maximum Gasteiger partial charge on any atom is 0.184 e. The molecule has 5 atom stereocenters. The van der Waals surface area contributed by atoms with Crippen molar-refractivity contribution >= 4 is 8.32 Å². The fourth-order valence-electron chi connectivity index (χ4n) is 3.92. The minimum absolute atomic E-state index is 0.000863. The van der Waals surface area contributed by atoms with Crippen LogP contribution in [0.25, 0.3) is 0 Å². The van der Waals surface area contributed by atoms with Crippen LogP contribution in [0.1, 0.15) is 45.4 Å². The molecule has 5 nitrogen and oxygen atoms in total. The van der Waals surface area contributed by atoms with Gasteiger partial charge in [0.15, 0.2) is 20.4 Å². The van der Waals surface area contributed by atoms with E-state index in [1.54, 1.807) is 0 Å². The summed E-state index contributed by atoms with van der Waals surface area (Å²) in [5.74, 6) is -0.408. The Bertz CT molecular complexity index is 390. The lowest BCUT2D eigenvalue weighted by atomic mass is 9.94. The Labute approximate surface area is 134 Å². The maximum atomic E-state index is 10.1. The third-order valence-electron chi connectivity index (χ3n) is 4.80. The molecule has 1 N–H and O–H groups in total. The summed E-state index contributed by atoms with van der Waals surface area (Å²) in [5.41, 5.74) is 0. The average molecular weight is 330 g/mol. The zero-order valence-corrected chi connectivity index (χ0v) is 15.2. The molecule has 0 bridgehead atoms. The first kappa shape index (κ1) is 16.9. The maximum absolute atomic E-state index is 10.1. The molecule has 6 heteroatoms. The Balaban J connectivity index is 1.62. The Morgan fingerprint density at radius 1 is 1.09 bits per heavy atom. The summed E-state index contributed by atoms with van der Waals surface area (Å²) in [7, 11) is -1.70. The molecule has 1 unspecified atom stereocenters. The molecular formula is C16H30O5Si. The van der Waals surface area contributed by atoms with E-state index in [0.717, 1.165) is 25.7 Å². The average Bonchev–Trinajstić information content (AvgIpc) is 2.90. The number of aliphatic hydroxyl groups is 1. The highest BCUT2D eigenvalue weighted by molar-refractivity contribution is 6.69. The van der Waals surface area contributed by atoms with Gasteiger partial charge in [0, 0.05) is 19.3 Å². The minimum atomic E-state index is -1.70. The van der Waals surface area contributed by atoms with Crippen LogP contribution in [-0.2, 0) is 18.6 Å². The highest BCUT2D eigenvalue weighted by atomic mass is 28.4. The van der Waals surface area contributed by atoms with Gasteiger partial charge in [0.05, 0.1) is 18.3 Å². The Kier molecular flexibility index (Phi) is 4.71. The quantitative estimate of drug-likeness (QED) is 0.807. The molecular weight excluding hydrogens is 300 g/mol. The molecule has 0 amide bonds. The standard InChI is InChI=1S/C16H30O5Si/c1-11-14(20-16(19-11)8-6-5-7-9-16)12-10-13(15(17)18-12)21-22(2,3)4/h11-15,17H,5-10H2,1-4H3/t11-,12-,13+,14-,15?/m1/s1. The summed E-state index contributed by atoms with van der Waals surface area (Å²) in [6.45, 7) is 8.43. The lowest BCUT2D eigenvalue weighted by molar-refractivity contribution is -0.207. The fourth-order valence-corrected chi connectivity index (χ4v) is 5.04. The van der Waals surface area contributed by atoms with Gasteiger partial charge in [-0.1, -0.05) is 6.42 Å². The molecule has 128 valence electrons. The third kappa shape index (κ3) is 3.57. The van der Waals surface area contributed by atoms with Crippen LogP contribution in [-0.4, -0.2) is 49.9 Å². The molecule has 2 saturated heterocycles. The van der Waals surface area contributed by atoms with Gasteiger partial charge in [-0.05, 0) is 39.4 Å². The van der Waals surface area contributed by atoms with Gasteiger partial charge in [0.1, 0.15) is 6.10 Å². The van der Waals surface area contributed by atoms with E-state index in [1.807, 2.05) is 0 Å². The highest BCUT2D eigenvalue weighted by Gasteiger charge is 2.52. The molecule has 2 heterocycles. The first-order valence-corrected chi connectivity index (χ1v) is 12.1. The van der Waals surface area contributed by atoms with Gasteiger partial charge in [0.2, 0.25) is 0 Å². The molecule has 0 aromatic rings. The smallest absolute Gasteiger partial charge is 0.184 e. The van der Waals surface area contributed by atoms with Gasteiger partial charge in [-0.2, -0.15) is 0 Å². The molecule has 3 aliphatic rings. The van der Waals surface area contributed by atoms with Gasteiger partial charge >= 0.3 is 0 Å². The summed E-state index contributed by atoms with van der Waals surface area (Å²) in [6.07, 6.45) is 4.86. The van der Waals surface area contributed by atoms with Gasteiger partial charge in [-0.15, -0.1) is 0 Å². The fraction of sp³-hybridized carbons (Fsp3) is 1.00. The third-order valence-corrected chi connectivity index (χ3v) is 5.81. The van der Waals surface area contributed by atoms with E-state index < -0.39 is 20.4 Å². The van der Waals surface area contributed by atoms with Gasteiger partial charge < -0.3 is 23.7 Å². The van der Waals surface area contributed by atoms with Crippen LogP contribution in [0.5, 0.6) is 0 Å². The zero-order valence-electron chi connectivity index (χ0n) is 14.2. The van der Waals surface area contributed by atoms with Gasteiger partial charge in [-0.3, -0.25) is 0 Å². The number of aliphatic hydroxyl groups excluding tert-OH is 1. The minimum Gasteiger partial charge on any atom is -0.409 e. The first-order valence-electron chi connectivity index (χ1n) is 8.65. The predicted octanol–water partition coefficient (Wildman–Crippen LogP) is 2.78. The van der Waals surface area contributed by atoms with Crippen molar-refractivity contribution in [3.8, 4) is 0 Å². The predicted molar refractivity (Wildman–Crippen MR) is 85.0 cm³/mol. The number of hydrogen-bond donors (Lipinski definition) is 1. The van der Waals surface area contributed by atoms with Gasteiger partial charge in [0.25, 0.3) is 0 Å². The van der Waals surface area contributed by atoms with Crippen LogP contribution < -0.4 is 0 Å². The monoisotopic (exact) mass is 330 g/mol. The topological polar surface area (TPSA) is 57.2 Å². The molecule has 2 aliphatic heterocycles. The highest BCUT2D eigenvalue weighted by Crippen LogP contribution is 2.43. The summed E-state index contributed by atoms with van der Waals surface area (Å²) in [4.78, 5) is 0. The van der Waals surface area contributed by atoms with E-state index >= 15 is 0 Å². The molecule has 22 heavy (non-hydrogen) atoms. The lowest BCUT2D eigenvalue weighted by Crippen LogP contribution is -2.37. The van der Waals surface area contributed by atoms with Crippen molar-refractivity contribution in [2.75, 3.05) is 0 Å². The van der Waals surface area contributed by atoms with Crippen LogP contribution >= 0.6 is 0 Å². The Morgan fingerprint density at radius 3 is 2.41 bits per heavy atom. The molecule has 3 fully saturated rings. The summed E-state index contributed by atoms with van der Waals surface area (Å²) in [6, 6.07) is 0. The summed E-state index contributed by atoms with van der Waals surface area (Å²) >= 11 is 0. The van der Waals surface area contributed by atoms with Crippen LogP contribution in [0, 0.1) is 0 Å². The van der Waals surface area contributed by atoms with Crippen molar-refractivity contribution in [2.24, 2.45) is 0 Å². The summed E-state index contributed by atoms with van der Waals surface area (Å²) < 4.78 is 24.3. The second-order valence-electron chi connectivity index (χ2n) is 7.95. The normalized spacial score (nSPS) is 42.1. The molecule has 1 saturated carbocycles. The molecule has 3 rings (SSSR count). The SMILES string of the molecule is C[C@H]1OC2(CCCCC2)O[C@H]1[C@H]1C[C@H](O[Si](C)(C)C)C(O)O1. The van der Waals surface area contributed by atoms with E-state index in [-0.39, 0.29) is 24.4 Å². The Morgan fingerprint density at radius 2 is 1.77 bits per heavy atom. The van der Waals surface area contributed by atoms with E-state index in [2.05, 4.69) is 26.6 Å². The number of rotatable bonds is 3. The Hall–Kier alpha value is 0.0169. The van der Waals surface area contributed by atoms with E-state index in [4.69, 9.17) is 18.6 Å². The second kappa shape index (κ2) is 6.15. The largest absolute Gasteiger partial charge is 0.409 e. The van der Waals surface area contributed by atoms with Gasteiger partial charge in [-0.25, -0.2) is 0 Å². The van der Waals surface area contributed by atoms with E-state index in [0.29, 0.717) is 6.42 Å². The van der Waals surface area contributed by atoms with Crippen LogP contribution in [0.4, 0.5) is 0 Å². The van der Waals surface area contributed by atoms with E-state index in [1.165, 1.54) is 6.42 Å². The van der Waals surface area contributed by atoms with E-state index in [9.17, 15) is 5.11 Å². The molecule has 1 aliphatic carbocycles. The second-order valence-corrected chi connectivity index (χ2v) is 12.4. The molecule has 1 spiro atoms. The first-order chi connectivity index (χ1) is 10.3.